The number of hydrogen-bond acceptors (Lipinski definition) is 5. The summed E-state index contributed by atoms with van der Waals surface area (Å²) in [6.07, 6.45) is 1.51. The molecule has 0 unspecified atom stereocenters. The molecule has 128 valence electrons. The van der Waals surface area contributed by atoms with Crippen LogP contribution in [0.1, 0.15) is 28.5 Å². The summed E-state index contributed by atoms with van der Waals surface area (Å²) in [5.74, 6) is -0.414. The quantitative estimate of drug-likeness (QED) is 0.630. The lowest BCUT2D eigenvalue weighted by molar-refractivity contribution is 0.0527. The van der Waals surface area contributed by atoms with E-state index in [1.165, 1.54) is 6.20 Å². The first-order chi connectivity index (χ1) is 12.0. The maximum atomic E-state index is 12.4. The second-order valence-corrected chi connectivity index (χ2v) is 6.55. The Morgan fingerprint density at radius 1 is 1.24 bits per heavy atom. The van der Waals surface area contributed by atoms with E-state index in [1.807, 2.05) is 44.2 Å². The van der Waals surface area contributed by atoms with Gasteiger partial charge >= 0.3 is 5.97 Å². The molecule has 1 aromatic carbocycles. The van der Waals surface area contributed by atoms with Crippen LogP contribution in [0.3, 0.4) is 0 Å². The molecule has 3 aromatic rings. The summed E-state index contributed by atoms with van der Waals surface area (Å²) >= 11 is 3.56. The van der Waals surface area contributed by atoms with Gasteiger partial charge in [-0.05, 0) is 66.5 Å². The number of carbonyl (C=O) groups excluding carboxylic acids is 1. The summed E-state index contributed by atoms with van der Waals surface area (Å²) in [6.45, 7) is 6.01. The van der Waals surface area contributed by atoms with E-state index in [2.05, 4.69) is 31.2 Å². The monoisotopic (exact) mass is 399 g/mol. The van der Waals surface area contributed by atoms with Crippen molar-refractivity contribution < 1.29 is 9.53 Å². The number of halogens is 1. The standard InChI is InChI=1S/C19H18BrN3O2/c1-4-25-19(24)14-10-21-18-13(7-6-12(3)22-18)17(14)23-16-8-5-11(2)9-15(16)20/h5-10H,4H2,1-3H3,(H,21,22,23). The number of anilines is 2. The Morgan fingerprint density at radius 2 is 2.04 bits per heavy atom. The molecule has 0 radical (unpaired) electrons. The van der Waals surface area contributed by atoms with Gasteiger partial charge in [-0.2, -0.15) is 0 Å². The number of ether oxygens (including phenoxy) is 1. The largest absolute Gasteiger partial charge is 0.462 e. The molecule has 0 aliphatic rings. The Hall–Kier alpha value is -2.47. The number of carbonyl (C=O) groups is 1. The third kappa shape index (κ3) is 3.64. The third-order valence-corrected chi connectivity index (χ3v) is 4.40. The van der Waals surface area contributed by atoms with Gasteiger partial charge in [-0.25, -0.2) is 14.8 Å². The number of rotatable bonds is 4. The molecule has 25 heavy (non-hydrogen) atoms. The number of pyridine rings is 2. The minimum Gasteiger partial charge on any atom is -0.462 e. The van der Waals surface area contributed by atoms with Gasteiger partial charge in [-0.1, -0.05) is 6.07 Å². The molecule has 1 N–H and O–H groups in total. The lowest BCUT2D eigenvalue weighted by Crippen LogP contribution is -2.10. The number of esters is 1. The highest BCUT2D eigenvalue weighted by Crippen LogP contribution is 2.32. The van der Waals surface area contributed by atoms with Crippen LogP contribution in [0.4, 0.5) is 11.4 Å². The van der Waals surface area contributed by atoms with E-state index in [1.54, 1.807) is 6.92 Å². The zero-order valence-electron chi connectivity index (χ0n) is 14.3. The third-order valence-electron chi connectivity index (χ3n) is 3.75. The van der Waals surface area contributed by atoms with Crippen molar-refractivity contribution >= 4 is 44.3 Å². The molecule has 0 amide bonds. The van der Waals surface area contributed by atoms with Crippen molar-refractivity contribution in [3.8, 4) is 0 Å². The summed E-state index contributed by atoms with van der Waals surface area (Å²) in [5.41, 5.74) is 4.46. The summed E-state index contributed by atoms with van der Waals surface area (Å²) in [7, 11) is 0. The maximum absolute atomic E-state index is 12.4. The topological polar surface area (TPSA) is 64.1 Å². The minimum absolute atomic E-state index is 0.302. The molecular weight excluding hydrogens is 382 g/mol. The first kappa shape index (κ1) is 17.4. The van der Waals surface area contributed by atoms with Crippen LogP contribution in [0.2, 0.25) is 0 Å². The van der Waals surface area contributed by atoms with Crippen molar-refractivity contribution in [3.05, 3.63) is 57.8 Å². The van der Waals surface area contributed by atoms with E-state index in [0.717, 1.165) is 26.8 Å². The average molecular weight is 400 g/mol. The predicted octanol–water partition coefficient (Wildman–Crippen LogP) is 4.93. The lowest BCUT2D eigenvalue weighted by Gasteiger charge is -2.15. The molecule has 3 rings (SSSR count). The van der Waals surface area contributed by atoms with E-state index in [-0.39, 0.29) is 0 Å². The van der Waals surface area contributed by atoms with Crippen LogP contribution in [0.15, 0.2) is 41.0 Å². The van der Waals surface area contributed by atoms with Crippen LogP contribution in [0.5, 0.6) is 0 Å². The van der Waals surface area contributed by atoms with Crippen molar-refractivity contribution in [2.45, 2.75) is 20.8 Å². The van der Waals surface area contributed by atoms with Crippen molar-refractivity contribution in [2.75, 3.05) is 11.9 Å². The van der Waals surface area contributed by atoms with Crippen LogP contribution in [0, 0.1) is 13.8 Å². The molecule has 0 atom stereocenters. The molecule has 5 nitrogen and oxygen atoms in total. The molecule has 0 bridgehead atoms. The van der Waals surface area contributed by atoms with Gasteiger partial charge in [0.05, 0.1) is 18.0 Å². The first-order valence-corrected chi connectivity index (χ1v) is 8.75. The maximum Gasteiger partial charge on any atom is 0.341 e. The molecule has 0 saturated heterocycles. The Bertz CT molecular complexity index is 957. The highest BCUT2D eigenvalue weighted by atomic mass is 79.9. The van der Waals surface area contributed by atoms with Crippen LogP contribution < -0.4 is 5.32 Å². The van der Waals surface area contributed by atoms with E-state index in [9.17, 15) is 4.79 Å². The number of nitrogens with one attached hydrogen (secondary N) is 1. The fourth-order valence-corrected chi connectivity index (χ4v) is 3.12. The summed E-state index contributed by atoms with van der Waals surface area (Å²) in [5, 5.41) is 4.11. The highest BCUT2D eigenvalue weighted by molar-refractivity contribution is 9.10. The van der Waals surface area contributed by atoms with Gasteiger partial charge < -0.3 is 10.1 Å². The molecule has 2 heterocycles. The van der Waals surface area contributed by atoms with Gasteiger partial charge in [0.15, 0.2) is 5.65 Å². The van der Waals surface area contributed by atoms with Crippen LogP contribution >= 0.6 is 15.9 Å². The summed E-state index contributed by atoms with van der Waals surface area (Å²) in [4.78, 5) is 21.1. The van der Waals surface area contributed by atoms with Crippen molar-refractivity contribution in [2.24, 2.45) is 0 Å². The summed E-state index contributed by atoms with van der Waals surface area (Å²) < 4.78 is 6.09. The second kappa shape index (κ2) is 7.19. The number of aryl methyl sites for hydroxylation is 2. The van der Waals surface area contributed by atoms with E-state index < -0.39 is 5.97 Å². The van der Waals surface area contributed by atoms with Crippen LogP contribution in [-0.2, 0) is 4.74 Å². The van der Waals surface area contributed by atoms with Crippen molar-refractivity contribution in [3.63, 3.8) is 0 Å². The molecule has 0 aliphatic heterocycles. The van der Waals surface area contributed by atoms with Crippen molar-refractivity contribution in [1.29, 1.82) is 0 Å². The Balaban J connectivity index is 2.17. The molecule has 0 aliphatic carbocycles. The molecular formula is C19H18BrN3O2. The number of aromatic nitrogens is 2. The minimum atomic E-state index is -0.414. The number of benzene rings is 1. The van der Waals surface area contributed by atoms with Gasteiger partial charge in [0.1, 0.15) is 5.56 Å². The second-order valence-electron chi connectivity index (χ2n) is 5.70. The fourth-order valence-electron chi connectivity index (χ4n) is 2.53. The van der Waals surface area contributed by atoms with Gasteiger partial charge in [0.2, 0.25) is 0 Å². The van der Waals surface area contributed by atoms with Gasteiger partial charge in [-0.15, -0.1) is 0 Å². The SMILES string of the molecule is CCOC(=O)c1cnc2nc(C)ccc2c1Nc1ccc(C)cc1Br. The van der Waals surface area contributed by atoms with Crippen LogP contribution in [0.25, 0.3) is 11.0 Å². The predicted molar refractivity (Wildman–Crippen MR) is 102 cm³/mol. The Morgan fingerprint density at radius 3 is 2.76 bits per heavy atom. The normalized spacial score (nSPS) is 10.7. The van der Waals surface area contributed by atoms with Crippen molar-refractivity contribution in [1.82, 2.24) is 9.97 Å². The number of hydrogen-bond donors (Lipinski definition) is 1. The number of nitrogens with zero attached hydrogens (tertiary/aromatic N) is 2. The van der Waals surface area contributed by atoms with Gasteiger partial charge in [-0.3, -0.25) is 0 Å². The van der Waals surface area contributed by atoms with E-state index in [0.29, 0.717) is 23.5 Å². The molecule has 2 aromatic heterocycles. The Labute approximate surface area is 154 Å². The number of fused-ring (bicyclic) bond motifs is 1. The first-order valence-electron chi connectivity index (χ1n) is 7.96. The van der Waals surface area contributed by atoms with Crippen LogP contribution in [-0.4, -0.2) is 22.5 Å². The average Bonchev–Trinajstić information content (AvgIpc) is 2.57. The van der Waals surface area contributed by atoms with E-state index in [4.69, 9.17) is 4.74 Å². The molecule has 0 spiro atoms. The fraction of sp³-hybridized carbons (Fsp3) is 0.211. The Kier molecular flexibility index (Phi) is 4.99. The van der Waals surface area contributed by atoms with E-state index >= 15 is 0 Å². The van der Waals surface area contributed by atoms with Gasteiger partial charge in [0, 0.05) is 21.7 Å². The summed E-state index contributed by atoms with van der Waals surface area (Å²) in [6, 6.07) is 9.79. The zero-order chi connectivity index (χ0) is 18.0. The molecule has 0 saturated carbocycles. The molecule has 0 fully saturated rings. The smallest absolute Gasteiger partial charge is 0.341 e. The lowest BCUT2D eigenvalue weighted by atomic mass is 10.1. The highest BCUT2D eigenvalue weighted by Gasteiger charge is 2.18. The molecule has 6 heteroatoms. The van der Waals surface area contributed by atoms with Gasteiger partial charge in [0.25, 0.3) is 0 Å². The zero-order valence-corrected chi connectivity index (χ0v) is 15.8.